The fourth-order valence-corrected chi connectivity index (χ4v) is 3.00. The van der Waals surface area contributed by atoms with Gasteiger partial charge >= 0.3 is 5.97 Å². The molecule has 2 aromatic carbocycles. The molecule has 2 atom stereocenters. The summed E-state index contributed by atoms with van der Waals surface area (Å²) in [7, 11) is 0. The highest BCUT2D eigenvalue weighted by molar-refractivity contribution is 6.30. The third-order valence-electron chi connectivity index (χ3n) is 4.06. The Morgan fingerprint density at radius 3 is 2.52 bits per heavy atom. The van der Waals surface area contributed by atoms with Crippen LogP contribution in [-0.4, -0.2) is 36.1 Å². The van der Waals surface area contributed by atoms with Gasteiger partial charge in [-0.1, -0.05) is 35.9 Å². The van der Waals surface area contributed by atoms with E-state index >= 15 is 0 Å². The number of carbonyl (C=O) groups is 1. The lowest BCUT2D eigenvalue weighted by atomic mass is 10.0. The quantitative estimate of drug-likeness (QED) is 0.609. The van der Waals surface area contributed by atoms with E-state index < -0.39 is 18.2 Å². The van der Waals surface area contributed by atoms with Crippen LogP contribution >= 0.6 is 11.6 Å². The summed E-state index contributed by atoms with van der Waals surface area (Å²) in [5, 5.41) is 18.8. The lowest BCUT2D eigenvalue weighted by molar-refractivity contribution is -0.153. The Kier molecular flexibility index (Phi) is 8.44. The van der Waals surface area contributed by atoms with Gasteiger partial charge in [-0.05, 0) is 43.2 Å². The van der Waals surface area contributed by atoms with Gasteiger partial charge in [0.15, 0.2) is 6.10 Å². The van der Waals surface area contributed by atoms with Gasteiger partial charge in [0, 0.05) is 17.9 Å². The van der Waals surface area contributed by atoms with Crippen molar-refractivity contribution < 1.29 is 23.8 Å². The maximum Gasteiger partial charge on any atom is 0.333 e. The number of carboxylic acids is 1. The van der Waals surface area contributed by atoms with E-state index in [-0.39, 0.29) is 36.9 Å². The number of hydrogen-bond acceptors (Lipinski definition) is 4. The molecule has 0 saturated carbocycles. The second-order valence-corrected chi connectivity index (χ2v) is 7.34. The first-order valence-electron chi connectivity index (χ1n) is 9.21. The Labute approximate surface area is 174 Å². The number of carboxylic acid groups (broad SMARTS) is 1. The van der Waals surface area contributed by atoms with E-state index in [9.17, 15) is 14.3 Å². The van der Waals surface area contributed by atoms with Crippen LogP contribution in [0.4, 0.5) is 4.39 Å². The molecular formula is C22H23ClFNO4. The Bertz CT molecular complexity index is 881. The van der Waals surface area contributed by atoms with E-state index in [0.29, 0.717) is 5.02 Å². The zero-order valence-corrected chi connectivity index (χ0v) is 17.0. The average molecular weight is 420 g/mol. The normalized spacial score (nSPS) is 13.0. The maximum atomic E-state index is 14.4. The first-order chi connectivity index (χ1) is 13.8. The molecule has 2 aromatic rings. The van der Waals surface area contributed by atoms with Gasteiger partial charge in [0.2, 0.25) is 0 Å². The van der Waals surface area contributed by atoms with Crippen molar-refractivity contribution in [2.24, 2.45) is 0 Å². The highest BCUT2D eigenvalue weighted by atomic mass is 35.5. The molecule has 0 aliphatic heterocycles. The van der Waals surface area contributed by atoms with E-state index in [2.05, 4.69) is 0 Å². The summed E-state index contributed by atoms with van der Waals surface area (Å²) in [6, 6.07) is 13.6. The van der Waals surface area contributed by atoms with Crippen molar-refractivity contribution in [1.82, 2.24) is 0 Å². The number of rotatable bonds is 10. The van der Waals surface area contributed by atoms with Crippen molar-refractivity contribution >= 4 is 17.6 Å². The third-order valence-corrected chi connectivity index (χ3v) is 4.30. The van der Waals surface area contributed by atoms with Gasteiger partial charge in [-0.3, -0.25) is 0 Å². The molecule has 0 amide bonds. The van der Waals surface area contributed by atoms with Crippen molar-refractivity contribution in [2.45, 2.75) is 45.1 Å². The fraction of sp³-hybridized carbons (Fsp3) is 0.364. The first-order valence-corrected chi connectivity index (χ1v) is 9.59. The van der Waals surface area contributed by atoms with Crippen LogP contribution in [0, 0.1) is 11.3 Å². The molecule has 0 fully saturated rings. The Balaban J connectivity index is 1.97. The van der Waals surface area contributed by atoms with E-state index in [1.807, 2.05) is 6.07 Å². The molecule has 154 valence electrons. The van der Waals surface area contributed by atoms with Gasteiger partial charge in [0.1, 0.15) is 24.6 Å². The molecule has 0 aliphatic rings. The Hall–Kier alpha value is -2.62. The molecule has 0 aromatic heterocycles. The van der Waals surface area contributed by atoms with E-state index in [4.69, 9.17) is 26.3 Å². The molecule has 0 unspecified atom stereocenters. The number of nitriles is 1. The second kappa shape index (κ2) is 10.8. The summed E-state index contributed by atoms with van der Waals surface area (Å²) in [6.45, 7) is 3.34. The number of alkyl halides is 1. The zero-order valence-electron chi connectivity index (χ0n) is 16.3. The lowest BCUT2D eigenvalue weighted by Gasteiger charge is -2.17. The summed E-state index contributed by atoms with van der Waals surface area (Å²) < 4.78 is 25.3. The van der Waals surface area contributed by atoms with Gasteiger partial charge < -0.3 is 14.6 Å². The summed E-state index contributed by atoms with van der Waals surface area (Å²) in [5.74, 6) is -0.749. The standard InChI is InChI=1S/C22H23ClFNO4/c1-14(2)29-21(22(26)27)10-16-5-3-4-15(8-16)9-19(24)13-28-20-7-6-18(23)11-17(20)12-25/h3-8,11,14,19,21H,9-10,13H2,1-2H3,(H,26,27)/t19-,21+/m1/s1. The second-order valence-electron chi connectivity index (χ2n) is 6.90. The van der Waals surface area contributed by atoms with E-state index in [1.165, 1.54) is 12.1 Å². The first kappa shape index (κ1) is 22.7. The number of benzene rings is 2. The van der Waals surface area contributed by atoms with Crippen LogP contribution in [-0.2, 0) is 22.4 Å². The average Bonchev–Trinajstić information content (AvgIpc) is 2.66. The molecule has 29 heavy (non-hydrogen) atoms. The summed E-state index contributed by atoms with van der Waals surface area (Å²) in [5.41, 5.74) is 1.73. The van der Waals surface area contributed by atoms with Gasteiger partial charge in [-0.15, -0.1) is 0 Å². The van der Waals surface area contributed by atoms with Crippen LogP contribution in [0.5, 0.6) is 5.75 Å². The Morgan fingerprint density at radius 1 is 1.21 bits per heavy atom. The molecule has 0 heterocycles. The number of nitrogens with zero attached hydrogens (tertiary/aromatic N) is 1. The molecule has 0 bridgehead atoms. The summed E-state index contributed by atoms with van der Waals surface area (Å²) in [6.07, 6.45) is -2.16. The lowest BCUT2D eigenvalue weighted by Crippen LogP contribution is -2.29. The van der Waals surface area contributed by atoms with Crippen LogP contribution in [0.1, 0.15) is 30.5 Å². The molecular weight excluding hydrogens is 397 g/mol. The van der Waals surface area contributed by atoms with Gasteiger partial charge in [0.25, 0.3) is 0 Å². The van der Waals surface area contributed by atoms with Crippen molar-refractivity contribution in [2.75, 3.05) is 6.61 Å². The van der Waals surface area contributed by atoms with Crippen LogP contribution in [0.15, 0.2) is 42.5 Å². The van der Waals surface area contributed by atoms with Gasteiger partial charge in [0.05, 0.1) is 11.7 Å². The molecule has 0 radical (unpaired) electrons. The third kappa shape index (κ3) is 7.37. The highest BCUT2D eigenvalue weighted by Crippen LogP contribution is 2.23. The smallest absolute Gasteiger partial charge is 0.333 e. The minimum Gasteiger partial charge on any atom is -0.489 e. The molecule has 5 nitrogen and oxygen atoms in total. The molecule has 1 N–H and O–H groups in total. The zero-order chi connectivity index (χ0) is 21.4. The van der Waals surface area contributed by atoms with E-state index in [1.54, 1.807) is 44.2 Å². The maximum absolute atomic E-state index is 14.4. The minimum atomic E-state index is -1.30. The molecule has 0 saturated heterocycles. The molecule has 2 rings (SSSR count). The summed E-state index contributed by atoms with van der Waals surface area (Å²) in [4.78, 5) is 11.4. The predicted octanol–water partition coefficient (Wildman–Crippen LogP) is 4.59. The monoisotopic (exact) mass is 419 g/mol. The molecule has 0 aliphatic carbocycles. The minimum absolute atomic E-state index is 0.103. The Morgan fingerprint density at radius 2 is 1.90 bits per heavy atom. The number of halogens is 2. The van der Waals surface area contributed by atoms with Gasteiger partial charge in [-0.25, -0.2) is 9.18 Å². The SMILES string of the molecule is CC(C)O[C@@H](Cc1cccc(C[C@@H](F)COc2ccc(Cl)cc2C#N)c1)C(=O)O. The van der Waals surface area contributed by atoms with E-state index in [0.717, 1.165) is 11.1 Å². The van der Waals surface area contributed by atoms with Crippen LogP contribution in [0.2, 0.25) is 5.02 Å². The van der Waals surface area contributed by atoms with Crippen LogP contribution < -0.4 is 4.74 Å². The number of hydrogen-bond donors (Lipinski definition) is 1. The highest BCUT2D eigenvalue weighted by Gasteiger charge is 2.20. The van der Waals surface area contributed by atoms with Crippen molar-refractivity contribution in [3.8, 4) is 11.8 Å². The fourth-order valence-electron chi connectivity index (χ4n) is 2.83. The summed E-state index contributed by atoms with van der Waals surface area (Å²) >= 11 is 5.84. The predicted molar refractivity (Wildman–Crippen MR) is 108 cm³/mol. The molecule has 0 spiro atoms. The van der Waals surface area contributed by atoms with Crippen LogP contribution in [0.3, 0.4) is 0 Å². The van der Waals surface area contributed by atoms with Crippen LogP contribution in [0.25, 0.3) is 0 Å². The number of ether oxygens (including phenoxy) is 2. The van der Waals surface area contributed by atoms with Gasteiger partial charge in [-0.2, -0.15) is 5.26 Å². The van der Waals surface area contributed by atoms with Crippen molar-refractivity contribution in [1.29, 1.82) is 5.26 Å². The van der Waals surface area contributed by atoms with Crippen molar-refractivity contribution in [3.63, 3.8) is 0 Å². The molecule has 7 heteroatoms. The topological polar surface area (TPSA) is 79.5 Å². The number of aliphatic carboxylic acids is 1. The largest absolute Gasteiger partial charge is 0.489 e. The van der Waals surface area contributed by atoms with Crippen molar-refractivity contribution in [3.05, 3.63) is 64.2 Å².